The van der Waals surface area contributed by atoms with Gasteiger partial charge >= 0.3 is 0 Å². The van der Waals surface area contributed by atoms with Gasteiger partial charge in [-0.3, -0.25) is 19.6 Å². The molecule has 702 valence electrons. The van der Waals surface area contributed by atoms with Crippen LogP contribution in [0.5, 0.6) is 28.7 Å². The summed E-state index contributed by atoms with van der Waals surface area (Å²) in [5, 5.41) is 41.9. The molecule has 37 nitrogen and oxygen atoms in total. The summed E-state index contributed by atoms with van der Waals surface area (Å²) in [4.78, 5) is 107. The first-order valence-corrected chi connectivity index (χ1v) is 44.5. The molecular weight excluding hydrogens is 1750 g/mol. The van der Waals surface area contributed by atoms with E-state index >= 15 is 0 Å². The van der Waals surface area contributed by atoms with Crippen molar-refractivity contribution >= 4 is 114 Å². The van der Waals surface area contributed by atoms with Crippen LogP contribution in [0.4, 0.5) is 29.1 Å². The molecule has 5 aromatic carbocycles. The minimum atomic E-state index is 0.147. The number of ether oxygens (including phenoxy) is 9. The van der Waals surface area contributed by atoms with Gasteiger partial charge in [-0.05, 0) is 130 Å². The molecule has 5 fully saturated rings. The zero-order chi connectivity index (χ0) is 95.1. The number of aromatic hydroxyl groups is 3. The molecule has 0 amide bonds. The quantitative estimate of drug-likeness (QED) is 0.0171. The second-order valence-electron chi connectivity index (χ2n) is 31.9. The molecule has 15 aromatic rings. The minimum Gasteiger partial charge on any atom is -0.508 e. The third-order valence-electron chi connectivity index (χ3n) is 22.8. The van der Waals surface area contributed by atoms with Crippen molar-refractivity contribution in [2.75, 3.05) is 191 Å². The number of rotatable bonds is 21. The fourth-order valence-corrected chi connectivity index (χ4v) is 15.4. The van der Waals surface area contributed by atoms with E-state index in [4.69, 9.17) is 82.7 Å². The van der Waals surface area contributed by atoms with Crippen LogP contribution in [0.3, 0.4) is 0 Å². The lowest BCUT2D eigenvalue weighted by Crippen LogP contribution is -2.37. The fraction of sp³-hybridized carbons (Fsp3) is 0.290. The van der Waals surface area contributed by atoms with E-state index in [1.165, 1.54) is 6.20 Å². The first-order chi connectivity index (χ1) is 67.0. The number of anilines is 5. The molecule has 0 aliphatic carbocycles. The van der Waals surface area contributed by atoms with E-state index in [1.807, 2.05) is 105 Å². The topological polar surface area (TPSA) is 432 Å². The Morgan fingerprint density at radius 3 is 0.905 bits per heavy atom. The molecule has 20 rings (SSSR count). The molecule has 0 atom stereocenters. The molecule has 15 heterocycles. The Kier molecular flexibility index (Phi) is 31.4. The summed E-state index contributed by atoms with van der Waals surface area (Å²) in [5.41, 5.74) is 17.0. The third-order valence-corrected chi connectivity index (χ3v) is 22.8. The van der Waals surface area contributed by atoms with Gasteiger partial charge in [0.25, 0.3) is 0 Å². The highest BCUT2D eigenvalue weighted by Gasteiger charge is 2.27. The Morgan fingerprint density at radius 1 is 0.358 bits per heavy atom. The number of aliphatic imine (C=N–C) groups is 1. The van der Waals surface area contributed by atoms with E-state index < -0.39 is 0 Å². The lowest BCUT2D eigenvalue weighted by atomic mass is 10.1. The summed E-state index contributed by atoms with van der Waals surface area (Å²) in [5.74, 6) is 8.39. The van der Waals surface area contributed by atoms with Crippen molar-refractivity contribution in [3.8, 4) is 85.7 Å². The van der Waals surface area contributed by atoms with E-state index in [1.54, 1.807) is 107 Å². The molecule has 10 aromatic heterocycles. The highest BCUT2D eigenvalue weighted by atomic mass is 16.7. The van der Waals surface area contributed by atoms with Gasteiger partial charge < -0.3 is 87.7 Å². The SMILES string of the molecule is CC=C(C)c1cnc2c(N3CCOCC3)nc(-c3cccc(O)c3)nc2c1.CN=C(C)c1cnc2c(N3CCOCC3)nc(-c3cccc(O)c3)nc2c1.COCOc1cccc(-c2nc(N3CCOCC3)c3ncc(C(C)=NO)cc3n2)c1.COCOc1cccc(-c2nc(N3CCOCC3)c3ncc(C=O)cc3n2)c1.O=Cc1cnc2c(N3CCOCC3)nc(-c3cccc(O)c3)nc2c1. The van der Waals surface area contributed by atoms with Crippen molar-refractivity contribution < 1.29 is 72.7 Å². The summed E-state index contributed by atoms with van der Waals surface area (Å²) < 4.78 is 48.3. The fourth-order valence-electron chi connectivity index (χ4n) is 15.4. The maximum atomic E-state index is 11.2. The van der Waals surface area contributed by atoms with E-state index in [0.29, 0.717) is 187 Å². The maximum Gasteiger partial charge on any atom is 0.188 e. The molecule has 0 saturated carbocycles. The summed E-state index contributed by atoms with van der Waals surface area (Å²) in [7, 11) is 4.91. The van der Waals surface area contributed by atoms with Crippen molar-refractivity contribution in [2.45, 2.75) is 27.7 Å². The van der Waals surface area contributed by atoms with Crippen LogP contribution in [0.1, 0.15) is 65.1 Å². The number of fused-ring (bicyclic) bond motifs is 5. The Bertz CT molecular complexity index is 6750. The number of methoxy groups -OCH3 is 2. The zero-order valence-corrected chi connectivity index (χ0v) is 76.7. The van der Waals surface area contributed by atoms with Crippen LogP contribution in [-0.2, 0) is 33.2 Å². The van der Waals surface area contributed by atoms with Gasteiger partial charge in [-0.2, -0.15) is 0 Å². The zero-order valence-electron chi connectivity index (χ0n) is 76.7. The summed E-state index contributed by atoms with van der Waals surface area (Å²) in [6, 6.07) is 45.2. The average molecular weight is 1850 g/mol. The van der Waals surface area contributed by atoms with Crippen LogP contribution in [0, 0.1) is 0 Å². The van der Waals surface area contributed by atoms with Crippen LogP contribution in [0.15, 0.2) is 199 Å². The number of phenolic OH excluding ortho intramolecular Hbond substituents is 3. The van der Waals surface area contributed by atoms with Crippen molar-refractivity contribution in [1.29, 1.82) is 0 Å². The predicted octanol–water partition coefficient (Wildman–Crippen LogP) is 13.4. The highest BCUT2D eigenvalue weighted by molar-refractivity contribution is 6.03. The first-order valence-electron chi connectivity index (χ1n) is 44.5. The van der Waals surface area contributed by atoms with Gasteiger partial charge in [0.2, 0.25) is 0 Å². The van der Waals surface area contributed by atoms with Gasteiger partial charge in [0, 0.05) is 173 Å². The van der Waals surface area contributed by atoms with Gasteiger partial charge in [-0.15, -0.1) is 0 Å². The monoisotopic (exact) mass is 1850 g/mol. The molecule has 5 saturated heterocycles. The van der Waals surface area contributed by atoms with Gasteiger partial charge in [0.1, 0.15) is 56.3 Å². The van der Waals surface area contributed by atoms with Crippen molar-refractivity contribution in [3.63, 3.8) is 0 Å². The van der Waals surface area contributed by atoms with Crippen molar-refractivity contribution in [1.82, 2.24) is 74.8 Å². The van der Waals surface area contributed by atoms with Crippen LogP contribution in [0.25, 0.3) is 118 Å². The number of carbonyl (C=O) groups excluding carboxylic acids is 2. The minimum absolute atomic E-state index is 0.147. The van der Waals surface area contributed by atoms with Gasteiger partial charge in [0.15, 0.2) is 84.4 Å². The number of aldehydes is 2. The smallest absolute Gasteiger partial charge is 0.188 e. The Hall–Kier alpha value is -15.5. The number of morpholine rings is 5. The number of pyridine rings is 5. The summed E-state index contributed by atoms with van der Waals surface area (Å²) >= 11 is 0. The number of phenols is 3. The van der Waals surface area contributed by atoms with E-state index in [2.05, 4.69) is 93.6 Å². The largest absolute Gasteiger partial charge is 0.508 e. The molecule has 0 unspecified atom stereocenters. The Morgan fingerprint density at radius 2 is 0.628 bits per heavy atom. The lowest BCUT2D eigenvalue weighted by molar-refractivity contribution is 0.0510. The standard InChI is InChI=1S/C21H23N5O4.C21H22N4O2.C20H21N5O2.C20H20N4O4.C18H16N4O3/c1-14(25-27)16-11-18-19(22-12-16)21(26-6-8-29-9-7-26)24-20(23-18)15-4-3-5-17(10-15)30-13-28-2;1-3-14(2)16-12-18-19(22-13-16)21(25-7-9-27-10-8-25)24-20(23-18)15-5-4-6-17(26)11-15;1-13(21-2)15-11-17-18(22-12-15)20(25-6-8-27-9-7-25)24-19(23-17)14-4-3-5-16(26)10-14;1-26-13-28-16-4-2-3-15(10-16)19-22-17-9-14(12-25)11-21-18(17)20(23-19)24-5-7-27-8-6-24;23-11-12-8-15-16(19-10-12)18(22-4-6-25-7-5-22)21-17(20-15)13-2-1-3-14(24)9-13/h3-5,10-12,27H,6-9,13H2,1-2H3;3-6,11-13,26H,7-10H2,1-2H3;3-5,10-12,26H,6-9H2,1-2H3;2-4,9-12H,5-8,13H2,1H3;1-3,8-11,24H,4-7H2. The van der Waals surface area contributed by atoms with E-state index in [0.717, 1.165) is 155 Å². The van der Waals surface area contributed by atoms with Crippen LogP contribution < -0.4 is 34.0 Å². The van der Waals surface area contributed by atoms with Gasteiger partial charge in [0.05, 0.1) is 99.4 Å². The highest BCUT2D eigenvalue weighted by Crippen LogP contribution is 2.37. The average Bonchev–Trinajstić information content (AvgIpc) is 0.789. The number of aromatic nitrogens is 15. The number of carbonyl (C=O) groups is 2. The lowest BCUT2D eigenvalue weighted by Gasteiger charge is -2.28. The van der Waals surface area contributed by atoms with Crippen molar-refractivity contribution in [3.05, 3.63) is 217 Å². The van der Waals surface area contributed by atoms with Gasteiger partial charge in [-0.1, -0.05) is 71.9 Å². The number of oxime groups is 1. The first kappa shape index (κ1) is 94.7. The van der Waals surface area contributed by atoms with Crippen LogP contribution in [0.2, 0.25) is 0 Å². The molecule has 0 spiro atoms. The summed E-state index contributed by atoms with van der Waals surface area (Å²) in [6.45, 7) is 21.8. The number of hydrogen-bond acceptors (Lipinski definition) is 37. The summed E-state index contributed by atoms with van der Waals surface area (Å²) in [6.07, 6.45) is 12.0. The Balaban J connectivity index is 0.000000124. The predicted molar refractivity (Wildman–Crippen MR) is 521 cm³/mol. The normalized spacial score (nSPS) is 14.9. The molecule has 137 heavy (non-hydrogen) atoms. The number of hydrogen-bond donors (Lipinski definition) is 4. The number of benzene rings is 5. The maximum absolute atomic E-state index is 11.2. The third kappa shape index (κ3) is 23.3. The number of allylic oxidation sites excluding steroid dienone is 2. The van der Waals surface area contributed by atoms with E-state index in [9.17, 15) is 24.9 Å². The van der Waals surface area contributed by atoms with Crippen LogP contribution >= 0.6 is 0 Å². The molecule has 0 radical (unpaired) electrons. The molecule has 37 heteroatoms. The van der Waals surface area contributed by atoms with Crippen LogP contribution in [-0.4, -0.2) is 286 Å². The molecule has 0 bridgehead atoms. The Labute approximate surface area is 788 Å². The van der Waals surface area contributed by atoms with Gasteiger partial charge in [-0.25, -0.2) is 69.8 Å². The second kappa shape index (κ2) is 45.5. The molecule has 5 aliphatic rings. The number of nitrogens with zero attached hydrogens (tertiary/aromatic N) is 22. The van der Waals surface area contributed by atoms with Crippen molar-refractivity contribution in [2.24, 2.45) is 10.1 Å². The molecular formula is C100H102N22O15. The molecule has 4 N–H and O–H groups in total. The second-order valence-corrected chi connectivity index (χ2v) is 31.9. The van der Waals surface area contributed by atoms with E-state index in [-0.39, 0.29) is 30.8 Å². The molecule has 5 aliphatic heterocycles.